The highest BCUT2D eigenvalue weighted by molar-refractivity contribution is 5.92. The van der Waals surface area contributed by atoms with Gasteiger partial charge < -0.3 is 5.32 Å². The number of aryl methyl sites for hydroxylation is 1. The molecule has 7 nitrogen and oxygen atoms in total. The monoisotopic (exact) mass is 314 g/mol. The number of urea groups is 1. The Kier molecular flexibility index (Phi) is 4.55. The van der Waals surface area contributed by atoms with Crippen molar-refractivity contribution in [2.24, 2.45) is 0 Å². The zero-order valence-electron chi connectivity index (χ0n) is 13.6. The number of anilines is 1. The Morgan fingerprint density at radius 3 is 2.65 bits per heavy atom. The van der Waals surface area contributed by atoms with Crippen LogP contribution < -0.4 is 10.2 Å². The van der Waals surface area contributed by atoms with E-state index in [9.17, 15) is 4.79 Å². The van der Waals surface area contributed by atoms with E-state index in [1.54, 1.807) is 29.0 Å². The summed E-state index contributed by atoms with van der Waals surface area (Å²) in [5.41, 5.74) is 2.33. The van der Waals surface area contributed by atoms with Gasteiger partial charge in [0.05, 0.1) is 30.0 Å². The average molecular weight is 314 g/mol. The maximum absolute atomic E-state index is 12.5. The van der Waals surface area contributed by atoms with E-state index < -0.39 is 0 Å². The molecule has 0 saturated heterocycles. The molecule has 0 aliphatic heterocycles. The van der Waals surface area contributed by atoms with Crippen LogP contribution in [-0.4, -0.2) is 38.9 Å². The standard InChI is InChI=1S/C16H22N6O/c1-12-15(10-22(20-12)14-8-17-11-18-9-14)21(2)16(23)19-13-6-4-3-5-7-13/h8-11,13H,3-7H2,1-2H3,(H,19,23). The van der Waals surface area contributed by atoms with Crippen LogP contribution >= 0.6 is 0 Å². The van der Waals surface area contributed by atoms with E-state index in [0.717, 1.165) is 29.9 Å². The van der Waals surface area contributed by atoms with E-state index >= 15 is 0 Å². The minimum Gasteiger partial charge on any atom is -0.335 e. The van der Waals surface area contributed by atoms with Crippen LogP contribution in [0.3, 0.4) is 0 Å². The van der Waals surface area contributed by atoms with Crippen molar-refractivity contribution < 1.29 is 4.79 Å². The molecule has 0 atom stereocenters. The van der Waals surface area contributed by atoms with Gasteiger partial charge in [-0.25, -0.2) is 19.4 Å². The lowest BCUT2D eigenvalue weighted by Gasteiger charge is -2.25. The molecule has 0 aromatic carbocycles. The van der Waals surface area contributed by atoms with Gasteiger partial charge in [0.15, 0.2) is 0 Å². The van der Waals surface area contributed by atoms with Crippen LogP contribution in [0.15, 0.2) is 24.9 Å². The van der Waals surface area contributed by atoms with Gasteiger partial charge in [-0.2, -0.15) is 5.10 Å². The second kappa shape index (κ2) is 6.76. The molecule has 0 unspecified atom stereocenters. The Labute approximate surface area is 135 Å². The van der Waals surface area contributed by atoms with Gasteiger partial charge in [-0.3, -0.25) is 4.90 Å². The number of rotatable bonds is 3. The lowest BCUT2D eigenvalue weighted by molar-refractivity contribution is 0.239. The lowest BCUT2D eigenvalue weighted by Crippen LogP contribution is -2.44. The molecular formula is C16H22N6O. The van der Waals surface area contributed by atoms with Crippen LogP contribution in [0.25, 0.3) is 5.69 Å². The van der Waals surface area contributed by atoms with Gasteiger partial charge in [0.2, 0.25) is 0 Å². The number of nitrogens with zero attached hydrogens (tertiary/aromatic N) is 5. The molecule has 7 heteroatoms. The van der Waals surface area contributed by atoms with Gasteiger partial charge in [-0.05, 0) is 19.8 Å². The van der Waals surface area contributed by atoms with Crippen molar-refractivity contribution >= 4 is 11.7 Å². The summed E-state index contributed by atoms with van der Waals surface area (Å²) in [6.07, 6.45) is 12.5. The zero-order valence-corrected chi connectivity index (χ0v) is 13.6. The van der Waals surface area contributed by atoms with Gasteiger partial charge in [0.25, 0.3) is 0 Å². The zero-order chi connectivity index (χ0) is 16.2. The molecule has 1 saturated carbocycles. The van der Waals surface area contributed by atoms with Crippen molar-refractivity contribution in [2.75, 3.05) is 11.9 Å². The molecule has 2 aromatic rings. The first-order valence-electron chi connectivity index (χ1n) is 8.01. The molecule has 0 radical (unpaired) electrons. The van der Waals surface area contributed by atoms with Crippen molar-refractivity contribution in [3.63, 3.8) is 0 Å². The summed E-state index contributed by atoms with van der Waals surface area (Å²) in [5, 5.41) is 7.56. The van der Waals surface area contributed by atoms with Gasteiger partial charge in [0, 0.05) is 13.1 Å². The fourth-order valence-electron chi connectivity index (χ4n) is 2.95. The van der Waals surface area contributed by atoms with Crippen molar-refractivity contribution in [2.45, 2.75) is 45.1 Å². The van der Waals surface area contributed by atoms with E-state index in [1.807, 2.05) is 13.1 Å². The summed E-state index contributed by atoms with van der Waals surface area (Å²) < 4.78 is 1.69. The number of nitrogens with one attached hydrogen (secondary N) is 1. The lowest BCUT2D eigenvalue weighted by atomic mass is 9.96. The molecule has 2 aromatic heterocycles. The second-order valence-corrected chi connectivity index (χ2v) is 5.98. The van der Waals surface area contributed by atoms with E-state index in [1.165, 1.54) is 25.6 Å². The molecule has 1 aliphatic rings. The second-order valence-electron chi connectivity index (χ2n) is 5.98. The van der Waals surface area contributed by atoms with E-state index in [4.69, 9.17) is 0 Å². The maximum Gasteiger partial charge on any atom is 0.321 e. The maximum atomic E-state index is 12.5. The van der Waals surface area contributed by atoms with Crippen LogP contribution in [-0.2, 0) is 0 Å². The third kappa shape index (κ3) is 3.49. The third-order valence-corrected chi connectivity index (χ3v) is 4.28. The normalized spacial score (nSPS) is 15.4. The van der Waals surface area contributed by atoms with Gasteiger partial charge in [0.1, 0.15) is 12.0 Å². The summed E-state index contributed by atoms with van der Waals surface area (Å²) in [4.78, 5) is 22.1. The fraction of sp³-hybridized carbons (Fsp3) is 0.500. The summed E-state index contributed by atoms with van der Waals surface area (Å²) in [6, 6.07) is 0.209. The van der Waals surface area contributed by atoms with Gasteiger partial charge in [-0.1, -0.05) is 19.3 Å². The predicted molar refractivity (Wildman–Crippen MR) is 87.7 cm³/mol. The van der Waals surface area contributed by atoms with Crippen molar-refractivity contribution in [1.82, 2.24) is 25.1 Å². The van der Waals surface area contributed by atoms with E-state index in [0.29, 0.717) is 0 Å². The Morgan fingerprint density at radius 1 is 1.26 bits per heavy atom. The van der Waals surface area contributed by atoms with Crippen LogP contribution in [0.5, 0.6) is 0 Å². The quantitative estimate of drug-likeness (QED) is 0.944. The molecule has 2 amide bonds. The van der Waals surface area contributed by atoms with Crippen LogP contribution in [0, 0.1) is 6.92 Å². The molecule has 0 spiro atoms. The third-order valence-electron chi connectivity index (χ3n) is 4.28. The highest BCUT2D eigenvalue weighted by atomic mass is 16.2. The number of carbonyl (C=O) groups excluding carboxylic acids is 1. The summed E-state index contributed by atoms with van der Waals surface area (Å²) in [5.74, 6) is 0. The minimum absolute atomic E-state index is 0.0798. The topological polar surface area (TPSA) is 75.9 Å². The molecule has 1 N–H and O–H groups in total. The number of carbonyl (C=O) groups is 1. The Bertz CT molecular complexity index is 662. The molecule has 0 bridgehead atoms. The van der Waals surface area contributed by atoms with Gasteiger partial charge in [-0.15, -0.1) is 0 Å². The van der Waals surface area contributed by atoms with Crippen molar-refractivity contribution in [3.05, 3.63) is 30.6 Å². The average Bonchev–Trinajstić information content (AvgIpc) is 2.97. The molecule has 3 rings (SSSR count). The van der Waals surface area contributed by atoms with Crippen LogP contribution in [0.4, 0.5) is 10.5 Å². The van der Waals surface area contributed by atoms with Crippen LogP contribution in [0.2, 0.25) is 0 Å². The highest BCUT2D eigenvalue weighted by Crippen LogP contribution is 2.21. The molecule has 2 heterocycles. The first-order valence-corrected chi connectivity index (χ1v) is 8.01. The first-order chi connectivity index (χ1) is 11.1. The minimum atomic E-state index is -0.0798. The number of amides is 2. The molecule has 1 aliphatic carbocycles. The number of hydrogen-bond donors (Lipinski definition) is 1. The SMILES string of the molecule is Cc1nn(-c2cncnc2)cc1N(C)C(=O)NC1CCCCC1. The number of hydrogen-bond acceptors (Lipinski definition) is 4. The summed E-state index contributed by atoms with van der Waals surface area (Å²) in [7, 11) is 1.77. The first kappa shape index (κ1) is 15.5. The Morgan fingerprint density at radius 2 is 1.96 bits per heavy atom. The Balaban J connectivity index is 1.73. The highest BCUT2D eigenvalue weighted by Gasteiger charge is 2.21. The van der Waals surface area contributed by atoms with Crippen LogP contribution in [0.1, 0.15) is 37.8 Å². The summed E-state index contributed by atoms with van der Waals surface area (Å²) >= 11 is 0. The predicted octanol–water partition coefficient (Wildman–Crippen LogP) is 2.45. The van der Waals surface area contributed by atoms with Gasteiger partial charge >= 0.3 is 6.03 Å². The smallest absolute Gasteiger partial charge is 0.321 e. The molecule has 1 fully saturated rings. The Hall–Kier alpha value is -2.44. The number of aromatic nitrogens is 4. The van der Waals surface area contributed by atoms with E-state index in [2.05, 4.69) is 20.4 Å². The van der Waals surface area contributed by atoms with Crippen molar-refractivity contribution in [1.29, 1.82) is 0 Å². The molecule has 23 heavy (non-hydrogen) atoms. The fourth-order valence-corrected chi connectivity index (χ4v) is 2.95. The molecular weight excluding hydrogens is 292 g/mol. The largest absolute Gasteiger partial charge is 0.335 e. The van der Waals surface area contributed by atoms with E-state index in [-0.39, 0.29) is 12.1 Å². The summed E-state index contributed by atoms with van der Waals surface area (Å²) in [6.45, 7) is 1.89. The van der Waals surface area contributed by atoms with Crippen molar-refractivity contribution in [3.8, 4) is 5.69 Å². The molecule has 122 valence electrons.